The number of nitrogens with zero attached hydrogens (tertiary/aromatic N) is 3. The zero-order chi connectivity index (χ0) is 30.5. The fourth-order valence-corrected chi connectivity index (χ4v) is 6.46. The quantitative estimate of drug-likeness (QED) is 0.169. The van der Waals surface area contributed by atoms with E-state index in [-0.39, 0.29) is 5.82 Å². The summed E-state index contributed by atoms with van der Waals surface area (Å²) in [7, 11) is 2.45. The van der Waals surface area contributed by atoms with Crippen LogP contribution in [-0.2, 0) is 33.1 Å². The van der Waals surface area contributed by atoms with Crippen molar-refractivity contribution in [1.82, 2.24) is 14.8 Å². The van der Waals surface area contributed by atoms with E-state index in [1.54, 1.807) is 28.5 Å². The van der Waals surface area contributed by atoms with Crippen molar-refractivity contribution in [1.29, 1.82) is 0 Å². The van der Waals surface area contributed by atoms with Gasteiger partial charge in [0.05, 0.1) is 31.4 Å². The predicted molar refractivity (Wildman–Crippen MR) is 164 cm³/mol. The third-order valence-corrected chi connectivity index (χ3v) is 9.33. The standard InChI is InChI=1S/C30H29F2N4O3S2.CH4O/c1-38-41(33)28-9-6-19(12-26(28)32)11-24-27(13-18-4-5-18)36(30-34-22(15-37)17-40-30)35-29(24)20-7-8-25(31)23(14-20)21-3-2-10-39-16-21;1-2/h6-9,12,14-18H,2-5,10-11,13,33H2,1H3;2H,1H3/q+1;. The molecule has 4 aromatic rings. The molecule has 1 atom stereocenters. The molecular formula is C31H33F2N4O4S2+. The Bertz CT molecular complexity index is 1630. The van der Waals surface area contributed by atoms with Crippen molar-refractivity contribution in [2.24, 2.45) is 11.1 Å². The van der Waals surface area contributed by atoms with E-state index in [9.17, 15) is 4.79 Å². The number of halogens is 2. The van der Waals surface area contributed by atoms with Crippen molar-refractivity contribution in [3.05, 3.63) is 87.8 Å². The second-order valence-corrected chi connectivity index (χ2v) is 12.4. The highest BCUT2D eigenvalue weighted by Crippen LogP contribution is 2.39. The number of rotatable bonds is 10. The van der Waals surface area contributed by atoms with Crippen LogP contribution in [0, 0.1) is 17.6 Å². The Hall–Kier alpha value is -3.42. The summed E-state index contributed by atoms with van der Waals surface area (Å²) in [6.45, 7) is 0.617. The topological polar surface area (TPSA) is 112 Å². The summed E-state index contributed by atoms with van der Waals surface area (Å²) in [5.41, 5.74) is 5.65. The van der Waals surface area contributed by atoms with E-state index in [0.29, 0.717) is 52.2 Å². The molecule has 1 fully saturated rings. The van der Waals surface area contributed by atoms with Crippen molar-refractivity contribution in [2.75, 3.05) is 20.8 Å². The van der Waals surface area contributed by atoms with Gasteiger partial charge in [0, 0.05) is 41.7 Å². The molecule has 226 valence electrons. The molecule has 2 aromatic carbocycles. The van der Waals surface area contributed by atoms with Crippen LogP contribution in [0.2, 0.25) is 0 Å². The lowest BCUT2D eigenvalue weighted by Gasteiger charge is -2.15. The van der Waals surface area contributed by atoms with E-state index in [1.165, 1.54) is 30.6 Å². The molecule has 0 bridgehead atoms. The van der Waals surface area contributed by atoms with Gasteiger partial charge in [-0.3, -0.25) is 4.79 Å². The average Bonchev–Trinajstić information content (AvgIpc) is 3.62. The van der Waals surface area contributed by atoms with Gasteiger partial charge < -0.3 is 9.84 Å². The molecule has 1 aliphatic heterocycles. The van der Waals surface area contributed by atoms with Gasteiger partial charge in [-0.15, -0.1) is 16.5 Å². The maximum absolute atomic E-state index is 15.1. The highest BCUT2D eigenvalue weighted by Gasteiger charge is 2.30. The molecule has 0 radical (unpaired) electrons. The molecule has 3 N–H and O–H groups in total. The third kappa shape index (κ3) is 6.89. The lowest BCUT2D eigenvalue weighted by atomic mass is 9.94. The first-order valence-electron chi connectivity index (χ1n) is 13.8. The Morgan fingerprint density at radius 3 is 2.67 bits per heavy atom. The minimum absolute atomic E-state index is 0.306. The minimum atomic E-state index is -1.15. The number of aliphatic hydroxyl groups excluding tert-OH is 1. The summed E-state index contributed by atoms with van der Waals surface area (Å²) in [5.74, 6) is -0.249. The minimum Gasteiger partial charge on any atom is -0.501 e. The van der Waals surface area contributed by atoms with Gasteiger partial charge in [-0.05, 0) is 73.4 Å². The van der Waals surface area contributed by atoms with E-state index in [2.05, 4.69) is 4.98 Å². The van der Waals surface area contributed by atoms with Gasteiger partial charge in [-0.25, -0.2) is 18.4 Å². The van der Waals surface area contributed by atoms with Crippen LogP contribution in [0.4, 0.5) is 8.78 Å². The first-order chi connectivity index (χ1) is 20.9. The Kier molecular flexibility index (Phi) is 10.0. The van der Waals surface area contributed by atoms with Gasteiger partial charge in [-0.1, -0.05) is 6.07 Å². The highest BCUT2D eigenvalue weighted by molar-refractivity contribution is 7.90. The number of aromatic nitrogens is 3. The van der Waals surface area contributed by atoms with Crippen LogP contribution in [0.15, 0.2) is 52.9 Å². The molecule has 0 saturated heterocycles. The predicted octanol–water partition coefficient (Wildman–Crippen LogP) is 5.80. The maximum Gasteiger partial charge on any atom is 0.278 e. The molecular weight excluding hydrogens is 594 g/mol. The van der Waals surface area contributed by atoms with Gasteiger partial charge in [0.25, 0.3) is 11.4 Å². The van der Waals surface area contributed by atoms with E-state index in [0.717, 1.165) is 67.2 Å². The number of nitrogens with two attached hydrogens (primary N) is 1. The summed E-state index contributed by atoms with van der Waals surface area (Å²) < 4.78 is 42.5. The fourth-order valence-electron chi connectivity index (χ4n) is 5.09. The van der Waals surface area contributed by atoms with Crippen molar-refractivity contribution in [2.45, 2.75) is 43.4 Å². The van der Waals surface area contributed by atoms with Gasteiger partial charge in [-0.2, -0.15) is 9.28 Å². The number of thiazole rings is 1. The van der Waals surface area contributed by atoms with Gasteiger partial charge in [0.1, 0.15) is 11.5 Å². The Morgan fingerprint density at radius 2 is 2.02 bits per heavy atom. The number of carbonyl (C=O) groups is 1. The number of hydrogen-bond donors (Lipinski definition) is 2. The second-order valence-electron chi connectivity index (χ2n) is 10.2. The second kappa shape index (κ2) is 13.9. The molecule has 1 aliphatic carbocycles. The van der Waals surface area contributed by atoms with Gasteiger partial charge in [0.2, 0.25) is 10.0 Å². The Morgan fingerprint density at radius 1 is 1.21 bits per heavy atom. The Balaban J connectivity index is 0.00000180. The van der Waals surface area contributed by atoms with Crippen molar-refractivity contribution < 1.29 is 27.6 Å². The number of aliphatic hydroxyl groups is 1. The number of ether oxygens (including phenoxy) is 1. The molecule has 2 aromatic heterocycles. The van der Waals surface area contributed by atoms with E-state index in [1.807, 2.05) is 12.1 Å². The molecule has 0 spiro atoms. The first-order valence-corrected chi connectivity index (χ1v) is 15.9. The highest BCUT2D eigenvalue weighted by atomic mass is 32.2. The van der Waals surface area contributed by atoms with Crippen LogP contribution in [0.3, 0.4) is 0 Å². The number of carbonyl (C=O) groups excluding carboxylic acids is 1. The smallest absolute Gasteiger partial charge is 0.278 e. The van der Waals surface area contributed by atoms with Crippen LogP contribution < -0.4 is 5.14 Å². The molecule has 3 heterocycles. The zero-order valence-electron chi connectivity index (χ0n) is 23.9. The maximum atomic E-state index is 15.1. The average molecular weight is 628 g/mol. The fraction of sp³-hybridized carbons (Fsp3) is 0.323. The SMILES string of the molecule is CO.CO[S+](N)c1ccc(Cc2c(-c3ccc(F)c(C4=COCCC4)c3)nn(-c3nc(C=O)cs3)c2CC2CC2)cc1F. The van der Waals surface area contributed by atoms with Gasteiger partial charge >= 0.3 is 0 Å². The molecule has 12 heteroatoms. The largest absolute Gasteiger partial charge is 0.501 e. The van der Waals surface area contributed by atoms with Crippen molar-refractivity contribution >= 4 is 34.6 Å². The zero-order valence-corrected chi connectivity index (χ0v) is 25.5. The van der Waals surface area contributed by atoms with E-state index in [4.69, 9.17) is 24.3 Å². The van der Waals surface area contributed by atoms with Crippen LogP contribution >= 0.6 is 11.3 Å². The molecule has 0 amide bonds. The summed E-state index contributed by atoms with van der Waals surface area (Å²) in [6, 6.07) is 9.98. The summed E-state index contributed by atoms with van der Waals surface area (Å²) in [4.78, 5) is 16.2. The van der Waals surface area contributed by atoms with Crippen LogP contribution in [0.25, 0.3) is 22.0 Å². The molecule has 1 saturated carbocycles. The number of hydrogen-bond acceptors (Lipinski definition) is 8. The third-order valence-electron chi connectivity index (χ3n) is 7.37. The molecule has 6 rings (SSSR count). The number of aldehydes is 1. The van der Waals surface area contributed by atoms with E-state index < -0.39 is 17.2 Å². The normalized spacial score (nSPS) is 15.3. The Labute approximate surface area is 255 Å². The van der Waals surface area contributed by atoms with Crippen LogP contribution in [-0.4, -0.2) is 47.0 Å². The first kappa shape index (κ1) is 31.0. The molecule has 43 heavy (non-hydrogen) atoms. The lowest BCUT2D eigenvalue weighted by Crippen LogP contribution is -2.17. The summed E-state index contributed by atoms with van der Waals surface area (Å²) in [6.07, 6.45) is 7.28. The number of benzene rings is 2. The summed E-state index contributed by atoms with van der Waals surface area (Å²) in [5, 5.41) is 20.2. The van der Waals surface area contributed by atoms with Crippen molar-refractivity contribution in [3.63, 3.8) is 0 Å². The number of allylic oxidation sites excluding steroid dienone is 1. The van der Waals surface area contributed by atoms with Gasteiger partial charge in [0.15, 0.2) is 12.1 Å². The lowest BCUT2D eigenvalue weighted by molar-refractivity contribution is 0.111. The molecule has 1 unspecified atom stereocenters. The van der Waals surface area contributed by atoms with Crippen LogP contribution in [0.1, 0.15) is 58.6 Å². The summed E-state index contributed by atoms with van der Waals surface area (Å²) >= 11 is 0.187. The monoisotopic (exact) mass is 627 g/mol. The molecule has 8 nitrogen and oxygen atoms in total. The van der Waals surface area contributed by atoms with Crippen LogP contribution in [0.5, 0.6) is 0 Å². The van der Waals surface area contributed by atoms with E-state index >= 15 is 8.78 Å². The molecule has 2 aliphatic rings. The van der Waals surface area contributed by atoms with Crippen molar-refractivity contribution in [3.8, 4) is 16.4 Å².